The van der Waals surface area contributed by atoms with Crippen molar-refractivity contribution in [2.45, 2.75) is 69.9 Å². The monoisotopic (exact) mass is 263 g/mol. The van der Waals surface area contributed by atoms with Crippen LogP contribution in [0.2, 0.25) is 0 Å². The summed E-state index contributed by atoms with van der Waals surface area (Å²) in [5.41, 5.74) is 0. The molecule has 0 amide bonds. The second kappa shape index (κ2) is 5.04. The topological polar surface area (TPSA) is 32.3 Å². The van der Waals surface area contributed by atoms with Gasteiger partial charge in [-0.2, -0.15) is 0 Å². The predicted octanol–water partition coefficient (Wildman–Crippen LogP) is 2.95. The largest absolute Gasteiger partial charge is 0.393 e. The van der Waals surface area contributed by atoms with Crippen LogP contribution in [0.1, 0.15) is 57.8 Å². The first-order chi connectivity index (χ1) is 9.29. The van der Waals surface area contributed by atoms with E-state index in [-0.39, 0.29) is 6.10 Å². The highest BCUT2D eigenvalue weighted by molar-refractivity contribution is 5.01. The van der Waals surface area contributed by atoms with Crippen molar-refractivity contribution in [2.75, 3.05) is 6.54 Å². The SMILES string of the molecule is OC1CCCCC1CNC1C2CC3CC(C2)CC1C3. The average Bonchev–Trinajstić information content (AvgIpc) is 2.39. The third-order valence-electron chi connectivity index (χ3n) is 6.71. The lowest BCUT2D eigenvalue weighted by molar-refractivity contribution is -0.0192. The fraction of sp³-hybridized carbons (Fsp3) is 1.00. The number of hydrogen-bond donors (Lipinski definition) is 2. The van der Waals surface area contributed by atoms with Crippen LogP contribution in [-0.4, -0.2) is 23.8 Å². The van der Waals surface area contributed by atoms with E-state index in [1.807, 2.05) is 0 Å². The van der Waals surface area contributed by atoms with Crippen molar-refractivity contribution in [2.24, 2.45) is 29.6 Å². The van der Waals surface area contributed by atoms with Crippen molar-refractivity contribution in [3.05, 3.63) is 0 Å². The second-order valence-electron chi connectivity index (χ2n) is 7.98. The maximum atomic E-state index is 10.1. The van der Waals surface area contributed by atoms with E-state index < -0.39 is 0 Å². The lowest BCUT2D eigenvalue weighted by Crippen LogP contribution is -2.55. The Balaban J connectivity index is 1.35. The highest BCUT2D eigenvalue weighted by Crippen LogP contribution is 2.53. The molecule has 0 aromatic heterocycles. The third-order valence-corrected chi connectivity index (χ3v) is 6.71. The Morgan fingerprint density at radius 1 is 0.842 bits per heavy atom. The van der Waals surface area contributed by atoms with Crippen molar-refractivity contribution < 1.29 is 5.11 Å². The van der Waals surface area contributed by atoms with Gasteiger partial charge >= 0.3 is 0 Å². The summed E-state index contributed by atoms with van der Waals surface area (Å²) < 4.78 is 0. The van der Waals surface area contributed by atoms with Crippen LogP contribution >= 0.6 is 0 Å². The van der Waals surface area contributed by atoms with Crippen molar-refractivity contribution in [3.63, 3.8) is 0 Å². The van der Waals surface area contributed by atoms with E-state index in [1.54, 1.807) is 6.42 Å². The van der Waals surface area contributed by atoms with Crippen molar-refractivity contribution in [1.29, 1.82) is 0 Å². The van der Waals surface area contributed by atoms with E-state index in [2.05, 4.69) is 5.32 Å². The Hall–Kier alpha value is -0.0800. The van der Waals surface area contributed by atoms with Gasteiger partial charge in [-0.15, -0.1) is 0 Å². The molecule has 4 bridgehead atoms. The minimum Gasteiger partial charge on any atom is -0.393 e. The average molecular weight is 263 g/mol. The molecule has 2 N–H and O–H groups in total. The molecule has 2 nitrogen and oxygen atoms in total. The molecule has 0 radical (unpaired) electrons. The molecule has 19 heavy (non-hydrogen) atoms. The van der Waals surface area contributed by atoms with Crippen LogP contribution in [0.25, 0.3) is 0 Å². The summed E-state index contributed by atoms with van der Waals surface area (Å²) in [6, 6.07) is 0.793. The standard InChI is InChI=1S/C17H29NO/c19-16-4-2-1-3-13(16)10-18-17-14-6-11-5-12(8-14)9-15(17)7-11/h11-19H,1-10H2. The maximum absolute atomic E-state index is 10.1. The molecule has 0 heterocycles. The Bertz CT molecular complexity index is 301. The molecule has 5 saturated carbocycles. The van der Waals surface area contributed by atoms with Gasteiger partial charge in [0.2, 0.25) is 0 Å². The van der Waals surface area contributed by atoms with Crippen molar-refractivity contribution in [1.82, 2.24) is 5.32 Å². The lowest BCUT2D eigenvalue weighted by Gasteiger charge is -2.55. The molecular weight excluding hydrogens is 234 g/mol. The number of aliphatic hydroxyl groups excluding tert-OH is 1. The zero-order valence-electron chi connectivity index (χ0n) is 12.1. The van der Waals surface area contributed by atoms with Crippen LogP contribution in [-0.2, 0) is 0 Å². The van der Waals surface area contributed by atoms with Gasteiger partial charge in [-0.25, -0.2) is 0 Å². The molecule has 2 unspecified atom stereocenters. The van der Waals surface area contributed by atoms with Gasteiger partial charge in [-0.05, 0) is 74.5 Å². The normalized spacial score (nSPS) is 52.6. The van der Waals surface area contributed by atoms with Gasteiger partial charge in [0.05, 0.1) is 6.10 Å². The highest BCUT2D eigenvalue weighted by Gasteiger charge is 2.48. The van der Waals surface area contributed by atoms with Gasteiger partial charge in [0.15, 0.2) is 0 Å². The highest BCUT2D eigenvalue weighted by atomic mass is 16.3. The summed E-state index contributed by atoms with van der Waals surface area (Å²) in [6.07, 6.45) is 12.3. The van der Waals surface area contributed by atoms with E-state index in [4.69, 9.17) is 0 Å². The van der Waals surface area contributed by atoms with Gasteiger partial charge in [0, 0.05) is 12.6 Å². The zero-order valence-corrected chi connectivity index (χ0v) is 12.1. The molecule has 0 saturated heterocycles. The zero-order chi connectivity index (χ0) is 12.8. The molecule has 108 valence electrons. The lowest BCUT2D eigenvalue weighted by atomic mass is 9.54. The van der Waals surface area contributed by atoms with Gasteiger partial charge in [0.25, 0.3) is 0 Å². The maximum Gasteiger partial charge on any atom is 0.0580 e. The Morgan fingerprint density at radius 2 is 1.47 bits per heavy atom. The van der Waals surface area contributed by atoms with Crippen LogP contribution in [0.5, 0.6) is 0 Å². The minimum absolute atomic E-state index is 0.0296. The van der Waals surface area contributed by atoms with Crippen LogP contribution in [0.4, 0.5) is 0 Å². The number of rotatable bonds is 3. The first-order valence-corrected chi connectivity index (χ1v) is 8.71. The fourth-order valence-corrected chi connectivity index (χ4v) is 5.97. The third kappa shape index (κ3) is 2.35. The molecule has 2 atom stereocenters. The second-order valence-corrected chi connectivity index (χ2v) is 7.98. The smallest absolute Gasteiger partial charge is 0.0580 e. The van der Waals surface area contributed by atoms with Gasteiger partial charge in [0.1, 0.15) is 0 Å². The van der Waals surface area contributed by atoms with Crippen molar-refractivity contribution >= 4 is 0 Å². The number of nitrogens with one attached hydrogen (secondary N) is 1. The summed E-state index contributed by atoms with van der Waals surface area (Å²) in [5.74, 6) is 4.61. The minimum atomic E-state index is -0.0296. The van der Waals surface area contributed by atoms with E-state index in [1.165, 1.54) is 44.9 Å². The molecule has 0 aromatic carbocycles. The Morgan fingerprint density at radius 3 is 2.11 bits per heavy atom. The number of aliphatic hydroxyl groups is 1. The van der Waals surface area contributed by atoms with E-state index in [0.29, 0.717) is 5.92 Å². The molecule has 2 heteroatoms. The molecule has 0 aliphatic heterocycles. The van der Waals surface area contributed by atoms with Crippen LogP contribution in [0.3, 0.4) is 0 Å². The van der Waals surface area contributed by atoms with Crippen LogP contribution in [0, 0.1) is 29.6 Å². The molecular formula is C17H29NO. The van der Waals surface area contributed by atoms with Gasteiger partial charge < -0.3 is 10.4 Å². The first kappa shape index (κ1) is 12.6. The summed E-state index contributed by atoms with van der Waals surface area (Å²) in [5, 5.41) is 14.0. The van der Waals surface area contributed by atoms with E-state index >= 15 is 0 Å². The molecule has 0 aromatic rings. The quantitative estimate of drug-likeness (QED) is 0.820. The summed E-state index contributed by atoms with van der Waals surface area (Å²) in [4.78, 5) is 0. The van der Waals surface area contributed by atoms with E-state index in [9.17, 15) is 5.11 Å². The molecule has 0 spiro atoms. The Labute approximate surface area is 117 Å². The van der Waals surface area contributed by atoms with Crippen molar-refractivity contribution in [3.8, 4) is 0 Å². The van der Waals surface area contributed by atoms with Crippen LogP contribution < -0.4 is 5.32 Å². The fourth-order valence-electron chi connectivity index (χ4n) is 5.97. The summed E-state index contributed by atoms with van der Waals surface area (Å²) >= 11 is 0. The molecule has 5 rings (SSSR count). The number of hydrogen-bond acceptors (Lipinski definition) is 2. The summed E-state index contributed by atoms with van der Waals surface area (Å²) in [7, 11) is 0. The molecule has 5 aliphatic rings. The molecule has 5 fully saturated rings. The van der Waals surface area contributed by atoms with Gasteiger partial charge in [-0.3, -0.25) is 0 Å². The molecule has 5 aliphatic carbocycles. The van der Waals surface area contributed by atoms with E-state index in [0.717, 1.165) is 42.7 Å². The predicted molar refractivity (Wildman–Crippen MR) is 76.8 cm³/mol. The summed E-state index contributed by atoms with van der Waals surface area (Å²) in [6.45, 7) is 1.08. The Kier molecular flexibility index (Phi) is 3.35. The van der Waals surface area contributed by atoms with Crippen LogP contribution in [0.15, 0.2) is 0 Å². The first-order valence-electron chi connectivity index (χ1n) is 8.71. The van der Waals surface area contributed by atoms with Gasteiger partial charge in [-0.1, -0.05) is 12.8 Å².